The van der Waals surface area contributed by atoms with Gasteiger partial charge in [-0.2, -0.15) is 13.2 Å². The first-order valence-corrected chi connectivity index (χ1v) is 6.58. The van der Waals surface area contributed by atoms with Crippen LogP contribution < -0.4 is 11.1 Å². The fourth-order valence-corrected chi connectivity index (χ4v) is 2.32. The van der Waals surface area contributed by atoms with Gasteiger partial charge in [-0.3, -0.25) is 0 Å². The van der Waals surface area contributed by atoms with Gasteiger partial charge in [0, 0.05) is 0 Å². The fourth-order valence-electron chi connectivity index (χ4n) is 1.63. The SMILES string of the molecule is Nc1ccccc1Nc1c(Cl)c(Cl)nc(Cl)c1C(F)(F)F. The summed E-state index contributed by atoms with van der Waals surface area (Å²) in [6.07, 6.45) is -4.76. The number of nitrogens with two attached hydrogens (primary N) is 1. The maximum atomic E-state index is 13.1. The van der Waals surface area contributed by atoms with Crippen LogP contribution in [0.25, 0.3) is 0 Å². The lowest BCUT2D eigenvalue weighted by molar-refractivity contribution is -0.137. The van der Waals surface area contributed by atoms with Crippen LogP contribution in [0, 0.1) is 0 Å². The van der Waals surface area contributed by atoms with Gasteiger partial charge >= 0.3 is 6.18 Å². The predicted molar refractivity (Wildman–Crippen MR) is 78.4 cm³/mol. The average molecular weight is 357 g/mol. The minimum atomic E-state index is -4.76. The molecule has 1 heterocycles. The molecular weight excluding hydrogens is 350 g/mol. The molecule has 0 radical (unpaired) electrons. The van der Waals surface area contributed by atoms with E-state index in [4.69, 9.17) is 40.5 Å². The largest absolute Gasteiger partial charge is 0.421 e. The molecule has 1 aromatic carbocycles. The van der Waals surface area contributed by atoms with Crippen LogP contribution in [0.2, 0.25) is 15.3 Å². The Balaban J connectivity index is 2.64. The summed E-state index contributed by atoms with van der Waals surface area (Å²) >= 11 is 17.1. The van der Waals surface area contributed by atoms with Crippen molar-refractivity contribution in [3.8, 4) is 0 Å². The van der Waals surface area contributed by atoms with Gasteiger partial charge in [0.25, 0.3) is 0 Å². The van der Waals surface area contributed by atoms with Gasteiger partial charge in [-0.25, -0.2) is 4.98 Å². The van der Waals surface area contributed by atoms with Crippen molar-refractivity contribution < 1.29 is 13.2 Å². The molecule has 3 N–H and O–H groups in total. The lowest BCUT2D eigenvalue weighted by atomic mass is 10.2. The van der Waals surface area contributed by atoms with Crippen LogP contribution in [-0.2, 0) is 6.18 Å². The molecule has 2 rings (SSSR count). The van der Waals surface area contributed by atoms with Gasteiger partial charge in [0.2, 0.25) is 0 Å². The van der Waals surface area contributed by atoms with Gasteiger partial charge in [0.1, 0.15) is 15.7 Å². The molecule has 0 atom stereocenters. The molecule has 0 unspecified atom stereocenters. The third-order valence-electron chi connectivity index (χ3n) is 2.56. The maximum Gasteiger partial charge on any atom is 0.421 e. The van der Waals surface area contributed by atoms with Gasteiger partial charge in [0.05, 0.1) is 17.1 Å². The zero-order valence-electron chi connectivity index (χ0n) is 10.1. The first-order chi connectivity index (χ1) is 9.71. The molecular formula is C12H7Cl3F3N3. The molecule has 3 nitrogen and oxygen atoms in total. The highest BCUT2D eigenvalue weighted by Gasteiger charge is 2.39. The van der Waals surface area contributed by atoms with E-state index in [9.17, 15) is 13.2 Å². The summed E-state index contributed by atoms with van der Waals surface area (Å²) in [6, 6.07) is 6.26. The van der Waals surface area contributed by atoms with Crippen LogP contribution in [0.5, 0.6) is 0 Å². The van der Waals surface area contributed by atoms with E-state index in [1.165, 1.54) is 12.1 Å². The van der Waals surface area contributed by atoms with Crippen LogP contribution in [0.4, 0.5) is 30.2 Å². The lowest BCUT2D eigenvalue weighted by Gasteiger charge is -2.18. The van der Waals surface area contributed by atoms with E-state index in [0.717, 1.165) is 0 Å². The van der Waals surface area contributed by atoms with Crippen LogP contribution in [-0.4, -0.2) is 4.98 Å². The van der Waals surface area contributed by atoms with Gasteiger partial charge in [0.15, 0.2) is 5.15 Å². The molecule has 0 aliphatic carbocycles. The summed E-state index contributed by atoms with van der Waals surface area (Å²) in [5.41, 5.74) is 4.47. The first-order valence-electron chi connectivity index (χ1n) is 5.45. The highest BCUT2D eigenvalue weighted by atomic mass is 35.5. The number of aromatic nitrogens is 1. The monoisotopic (exact) mass is 355 g/mol. The second-order valence-electron chi connectivity index (χ2n) is 3.97. The summed E-state index contributed by atoms with van der Waals surface area (Å²) in [6.45, 7) is 0. The number of halogens is 6. The fraction of sp³-hybridized carbons (Fsp3) is 0.0833. The third kappa shape index (κ3) is 3.28. The van der Waals surface area contributed by atoms with E-state index in [0.29, 0.717) is 0 Å². The Morgan fingerprint density at radius 2 is 1.67 bits per heavy atom. The van der Waals surface area contributed by atoms with Gasteiger partial charge in [-0.05, 0) is 12.1 Å². The smallest absolute Gasteiger partial charge is 0.397 e. The first kappa shape index (κ1) is 16.0. The van der Waals surface area contributed by atoms with Crippen molar-refractivity contribution in [1.29, 1.82) is 0 Å². The summed E-state index contributed by atoms with van der Waals surface area (Å²) in [7, 11) is 0. The van der Waals surface area contributed by atoms with Crippen LogP contribution >= 0.6 is 34.8 Å². The Bertz CT molecular complexity index is 689. The van der Waals surface area contributed by atoms with Crippen molar-refractivity contribution in [3.05, 3.63) is 45.2 Å². The molecule has 2 aromatic rings. The van der Waals surface area contributed by atoms with E-state index in [1.54, 1.807) is 12.1 Å². The summed E-state index contributed by atoms with van der Waals surface area (Å²) < 4.78 is 39.4. The number of nitrogen functional groups attached to an aromatic ring is 1. The molecule has 0 saturated heterocycles. The second-order valence-corrected chi connectivity index (χ2v) is 5.06. The highest BCUT2D eigenvalue weighted by Crippen LogP contribution is 2.45. The number of nitrogens with zero attached hydrogens (tertiary/aromatic N) is 1. The average Bonchev–Trinajstić information content (AvgIpc) is 2.36. The van der Waals surface area contributed by atoms with Crippen molar-refractivity contribution in [2.24, 2.45) is 0 Å². The molecule has 0 aliphatic heterocycles. The van der Waals surface area contributed by atoms with E-state index < -0.39 is 27.6 Å². The third-order valence-corrected chi connectivity index (χ3v) is 3.57. The number of anilines is 3. The molecule has 0 saturated carbocycles. The number of para-hydroxylation sites is 2. The highest BCUT2D eigenvalue weighted by molar-refractivity contribution is 6.44. The number of nitrogens with one attached hydrogen (secondary N) is 1. The Morgan fingerprint density at radius 3 is 2.24 bits per heavy atom. The van der Waals surface area contributed by atoms with Crippen LogP contribution in [0.3, 0.4) is 0 Å². The van der Waals surface area contributed by atoms with Crippen molar-refractivity contribution in [3.63, 3.8) is 0 Å². The molecule has 0 aliphatic rings. The van der Waals surface area contributed by atoms with Crippen LogP contribution in [0.1, 0.15) is 5.56 Å². The molecule has 21 heavy (non-hydrogen) atoms. The van der Waals surface area contributed by atoms with Crippen molar-refractivity contribution in [2.45, 2.75) is 6.18 Å². The second kappa shape index (κ2) is 5.79. The lowest BCUT2D eigenvalue weighted by Crippen LogP contribution is -2.12. The van der Waals surface area contributed by atoms with Gasteiger partial charge in [-0.15, -0.1) is 0 Å². The molecule has 9 heteroatoms. The van der Waals surface area contributed by atoms with Crippen LogP contribution in [0.15, 0.2) is 24.3 Å². The molecule has 1 aromatic heterocycles. The molecule has 0 fully saturated rings. The number of hydrogen-bond donors (Lipinski definition) is 2. The minimum absolute atomic E-state index is 0.239. The summed E-state index contributed by atoms with van der Waals surface area (Å²) in [5.74, 6) is 0. The van der Waals surface area contributed by atoms with E-state index in [1.807, 2.05) is 0 Å². The molecule has 0 bridgehead atoms. The normalized spacial score (nSPS) is 11.5. The molecule has 0 spiro atoms. The van der Waals surface area contributed by atoms with Gasteiger partial charge < -0.3 is 11.1 Å². The summed E-state index contributed by atoms with van der Waals surface area (Å²) in [5, 5.41) is 0.981. The zero-order valence-corrected chi connectivity index (χ0v) is 12.4. The van der Waals surface area contributed by atoms with Crippen molar-refractivity contribution in [1.82, 2.24) is 4.98 Å². The Kier molecular flexibility index (Phi) is 4.41. The van der Waals surface area contributed by atoms with E-state index in [2.05, 4.69) is 10.3 Å². The van der Waals surface area contributed by atoms with E-state index in [-0.39, 0.29) is 16.5 Å². The van der Waals surface area contributed by atoms with Crippen molar-refractivity contribution in [2.75, 3.05) is 11.1 Å². The Morgan fingerprint density at radius 1 is 1.05 bits per heavy atom. The topological polar surface area (TPSA) is 50.9 Å². The van der Waals surface area contributed by atoms with E-state index >= 15 is 0 Å². The number of alkyl halides is 3. The Labute approximate surface area is 132 Å². The molecule has 0 amide bonds. The zero-order chi connectivity index (χ0) is 15.8. The predicted octanol–water partition coefficient (Wildman–Crippen LogP) is 5.39. The quantitative estimate of drug-likeness (QED) is 0.560. The number of rotatable bonds is 2. The minimum Gasteiger partial charge on any atom is -0.397 e. The number of benzene rings is 1. The summed E-state index contributed by atoms with van der Waals surface area (Å²) in [4.78, 5) is 3.37. The maximum absolute atomic E-state index is 13.1. The number of hydrogen-bond acceptors (Lipinski definition) is 3. The van der Waals surface area contributed by atoms with Crippen molar-refractivity contribution >= 4 is 51.9 Å². The Hall–Kier alpha value is -1.37. The van der Waals surface area contributed by atoms with Gasteiger partial charge in [-0.1, -0.05) is 46.9 Å². The number of pyridine rings is 1. The molecule has 112 valence electrons. The standard InChI is InChI=1S/C12H7Cl3F3N3/c13-8-9(20-6-4-2-1-3-5(6)19)7(12(16,17)18)10(14)21-11(8)15/h1-4H,19H2,(H,20,21).